The van der Waals surface area contributed by atoms with Gasteiger partial charge in [-0.25, -0.2) is 0 Å². The summed E-state index contributed by atoms with van der Waals surface area (Å²) in [5, 5.41) is 0. The van der Waals surface area contributed by atoms with E-state index in [0.717, 1.165) is 4.47 Å². The fourth-order valence-corrected chi connectivity index (χ4v) is 1.32. The van der Waals surface area contributed by atoms with Crippen LogP contribution in [0.4, 0.5) is 0 Å². The van der Waals surface area contributed by atoms with Crippen LogP contribution < -0.4 is 0 Å². The first-order valence-electron chi connectivity index (χ1n) is 4.13. The van der Waals surface area contributed by atoms with Crippen molar-refractivity contribution in [2.24, 2.45) is 5.92 Å². The van der Waals surface area contributed by atoms with Crippen molar-refractivity contribution in [3.63, 3.8) is 0 Å². The predicted molar refractivity (Wildman–Crippen MR) is 58.0 cm³/mol. The lowest BCUT2D eigenvalue weighted by Crippen LogP contribution is -1.78. The molecule has 0 saturated carbocycles. The van der Waals surface area contributed by atoms with Crippen molar-refractivity contribution in [2.75, 3.05) is 0 Å². The molecule has 0 atom stereocenters. The van der Waals surface area contributed by atoms with E-state index in [1.165, 1.54) is 5.56 Å². The molecular formula is C11H13Br. The monoisotopic (exact) mass is 224 g/mol. The number of halogens is 1. The lowest BCUT2D eigenvalue weighted by molar-refractivity contribution is 0.836. The van der Waals surface area contributed by atoms with Crippen LogP contribution in [-0.2, 0) is 0 Å². The number of allylic oxidation sites excluding steroid dienone is 1. The first-order valence-corrected chi connectivity index (χ1v) is 4.92. The van der Waals surface area contributed by atoms with Crippen molar-refractivity contribution in [2.45, 2.75) is 13.8 Å². The van der Waals surface area contributed by atoms with Gasteiger partial charge in [0, 0.05) is 4.47 Å². The van der Waals surface area contributed by atoms with E-state index in [0.29, 0.717) is 5.92 Å². The third kappa shape index (κ3) is 2.82. The summed E-state index contributed by atoms with van der Waals surface area (Å²) in [6.07, 6.45) is 4.34. The highest BCUT2D eigenvalue weighted by Crippen LogP contribution is 2.17. The summed E-state index contributed by atoms with van der Waals surface area (Å²) in [4.78, 5) is 0. The first kappa shape index (κ1) is 9.53. The second kappa shape index (κ2) is 4.46. The van der Waals surface area contributed by atoms with Crippen LogP contribution in [0.25, 0.3) is 6.08 Å². The van der Waals surface area contributed by atoms with Crippen molar-refractivity contribution in [3.8, 4) is 0 Å². The van der Waals surface area contributed by atoms with E-state index in [4.69, 9.17) is 0 Å². The van der Waals surface area contributed by atoms with Gasteiger partial charge in [0.05, 0.1) is 0 Å². The molecule has 0 bridgehead atoms. The van der Waals surface area contributed by atoms with Crippen molar-refractivity contribution >= 4 is 22.0 Å². The van der Waals surface area contributed by atoms with E-state index in [1.807, 2.05) is 12.1 Å². The lowest BCUT2D eigenvalue weighted by atomic mass is 10.1. The maximum atomic E-state index is 3.50. The molecular weight excluding hydrogens is 212 g/mol. The van der Waals surface area contributed by atoms with Gasteiger partial charge in [-0.2, -0.15) is 0 Å². The van der Waals surface area contributed by atoms with E-state index in [9.17, 15) is 0 Å². The smallest absolute Gasteiger partial charge is 0.0247 e. The number of hydrogen-bond acceptors (Lipinski definition) is 0. The fraction of sp³-hybridized carbons (Fsp3) is 0.273. The summed E-state index contributed by atoms with van der Waals surface area (Å²) in [6.45, 7) is 4.35. The molecule has 0 nitrogen and oxygen atoms in total. The summed E-state index contributed by atoms with van der Waals surface area (Å²) in [6, 6.07) is 8.23. The molecule has 0 fully saturated rings. The molecule has 0 spiro atoms. The Morgan fingerprint density at radius 1 is 1.25 bits per heavy atom. The Morgan fingerprint density at radius 3 is 2.50 bits per heavy atom. The molecule has 0 heterocycles. The minimum absolute atomic E-state index is 0.608. The van der Waals surface area contributed by atoms with Crippen LogP contribution in [0.1, 0.15) is 19.4 Å². The van der Waals surface area contributed by atoms with Crippen LogP contribution >= 0.6 is 15.9 Å². The zero-order valence-corrected chi connectivity index (χ0v) is 9.01. The first-order chi connectivity index (χ1) is 5.70. The van der Waals surface area contributed by atoms with Gasteiger partial charge < -0.3 is 0 Å². The molecule has 64 valence electrons. The Labute approximate surface area is 82.4 Å². The topological polar surface area (TPSA) is 0 Å². The van der Waals surface area contributed by atoms with Crippen LogP contribution in [-0.4, -0.2) is 0 Å². The van der Waals surface area contributed by atoms with Gasteiger partial charge in [0.2, 0.25) is 0 Å². The molecule has 1 heteroatoms. The van der Waals surface area contributed by atoms with E-state index in [1.54, 1.807) is 0 Å². The van der Waals surface area contributed by atoms with Gasteiger partial charge in [0.25, 0.3) is 0 Å². The highest BCUT2D eigenvalue weighted by Gasteiger charge is 1.92. The largest absolute Gasteiger partial charge is 0.0813 e. The molecule has 0 N–H and O–H groups in total. The molecule has 0 aromatic heterocycles. The minimum atomic E-state index is 0.608. The van der Waals surface area contributed by atoms with Crippen molar-refractivity contribution < 1.29 is 0 Å². The highest BCUT2D eigenvalue weighted by molar-refractivity contribution is 9.10. The molecule has 0 amide bonds. The number of hydrogen-bond donors (Lipinski definition) is 0. The van der Waals surface area contributed by atoms with Crippen LogP contribution in [0.15, 0.2) is 34.8 Å². The molecule has 0 aliphatic carbocycles. The highest BCUT2D eigenvalue weighted by atomic mass is 79.9. The van der Waals surface area contributed by atoms with E-state index >= 15 is 0 Å². The number of benzene rings is 1. The average Bonchev–Trinajstić information content (AvgIpc) is 2.03. The van der Waals surface area contributed by atoms with Crippen LogP contribution in [0.2, 0.25) is 0 Å². The molecule has 1 rings (SSSR count). The fourth-order valence-electron chi connectivity index (χ4n) is 0.906. The maximum absolute atomic E-state index is 3.50. The van der Waals surface area contributed by atoms with Crippen molar-refractivity contribution in [1.82, 2.24) is 0 Å². The summed E-state index contributed by atoms with van der Waals surface area (Å²) in [5.74, 6) is 0.608. The predicted octanol–water partition coefficient (Wildman–Crippen LogP) is 4.12. The van der Waals surface area contributed by atoms with Crippen LogP contribution in [0.3, 0.4) is 0 Å². The van der Waals surface area contributed by atoms with Gasteiger partial charge in [-0.15, -0.1) is 0 Å². The summed E-state index contributed by atoms with van der Waals surface area (Å²) in [7, 11) is 0. The quantitative estimate of drug-likeness (QED) is 0.710. The van der Waals surface area contributed by atoms with E-state index in [2.05, 4.69) is 54.1 Å². The second-order valence-electron chi connectivity index (χ2n) is 3.12. The Kier molecular flexibility index (Phi) is 3.54. The molecule has 0 saturated heterocycles. The van der Waals surface area contributed by atoms with Crippen molar-refractivity contribution in [1.29, 1.82) is 0 Å². The zero-order chi connectivity index (χ0) is 8.97. The normalized spacial score (nSPS) is 11.3. The molecule has 0 aliphatic rings. The zero-order valence-electron chi connectivity index (χ0n) is 7.42. The van der Waals surface area contributed by atoms with Gasteiger partial charge in [-0.3, -0.25) is 0 Å². The van der Waals surface area contributed by atoms with Crippen molar-refractivity contribution in [3.05, 3.63) is 40.4 Å². The summed E-state index contributed by atoms with van der Waals surface area (Å²) in [5.41, 5.74) is 1.24. The van der Waals surface area contributed by atoms with Crippen LogP contribution in [0, 0.1) is 5.92 Å². The molecule has 0 unspecified atom stereocenters. The van der Waals surface area contributed by atoms with Gasteiger partial charge in [0.15, 0.2) is 0 Å². The Hall–Kier alpha value is -0.560. The lowest BCUT2D eigenvalue weighted by Gasteiger charge is -1.98. The summed E-state index contributed by atoms with van der Waals surface area (Å²) >= 11 is 3.50. The minimum Gasteiger partial charge on any atom is -0.0813 e. The second-order valence-corrected chi connectivity index (χ2v) is 3.98. The van der Waals surface area contributed by atoms with Gasteiger partial charge in [-0.05, 0) is 17.5 Å². The molecule has 1 aromatic rings. The van der Waals surface area contributed by atoms with Gasteiger partial charge in [0.1, 0.15) is 0 Å². The third-order valence-corrected chi connectivity index (χ3v) is 2.29. The molecule has 0 aliphatic heterocycles. The Balaban J connectivity index is 2.82. The standard InChI is InChI=1S/C11H13Br/c1-9(2)7-8-10-5-3-4-6-11(10)12/h3-9H,1-2H3/b8-7+. The van der Waals surface area contributed by atoms with Gasteiger partial charge >= 0.3 is 0 Å². The molecule has 12 heavy (non-hydrogen) atoms. The van der Waals surface area contributed by atoms with Crippen LogP contribution in [0.5, 0.6) is 0 Å². The third-order valence-electron chi connectivity index (χ3n) is 1.57. The maximum Gasteiger partial charge on any atom is 0.0247 e. The number of rotatable bonds is 2. The SMILES string of the molecule is CC(C)/C=C/c1ccccc1Br. The van der Waals surface area contributed by atoms with E-state index in [-0.39, 0.29) is 0 Å². The van der Waals surface area contributed by atoms with Gasteiger partial charge in [-0.1, -0.05) is 60.1 Å². The average molecular weight is 225 g/mol. The Bertz CT molecular complexity index is 274. The van der Waals surface area contributed by atoms with E-state index < -0.39 is 0 Å². The molecule has 1 aromatic carbocycles. The Morgan fingerprint density at radius 2 is 1.92 bits per heavy atom. The molecule has 0 radical (unpaired) electrons. The summed E-state index contributed by atoms with van der Waals surface area (Å²) < 4.78 is 1.15.